The van der Waals surface area contributed by atoms with Crippen LogP contribution in [-0.2, 0) is 25.5 Å². The highest BCUT2D eigenvalue weighted by Crippen LogP contribution is 2.55. The zero-order chi connectivity index (χ0) is 29.4. The van der Waals surface area contributed by atoms with E-state index < -0.39 is 76.7 Å². The summed E-state index contributed by atoms with van der Waals surface area (Å²) in [5, 5.41) is 9.91. The average molecular weight is 566 g/mol. The largest absolute Gasteiger partial charge is 0.465 e. The number of aliphatic hydroxyl groups is 1. The molecule has 2 unspecified atom stereocenters. The minimum absolute atomic E-state index is 0.0256. The normalized spacial score (nSPS) is 16.1. The van der Waals surface area contributed by atoms with Crippen molar-refractivity contribution >= 4 is 5.97 Å². The lowest BCUT2D eigenvalue weighted by molar-refractivity contribution is -0.377. The molecule has 0 heterocycles. The summed E-state index contributed by atoms with van der Waals surface area (Å²) in [5.41, 5.74) is -16.9. The van der Waals surface area contributed by atoms with Crippen molar-refractivity contribution in [3.63, 3.8) is 0 Å². The molecule has 37 heavy (non-hydrogen) atoms. The first-order valence-electron chi connectivity index (χ1n) is 9.69. The third kappa shape index (κ3) is 6.61. The quantitative estimate of drug-likeness (QED) is 0.176. The lowest BCUT2D eigenvalue weighted by atomic mass is 9.86. The van der Waals surface area contributed by atoms with Gasteiger partial charge in [0.25, 0.3) is 0 Å². The Morgan fingerprint density at radius 3 is 1.73 bits per heavy atom. The topological polar surface area (TPSA) is 65.0 Å². The Bertz CT molecular complexity index is 975. The van der Waals surface area contributed by atoms with E-state index in [1.807, 2.05) is 0 Å². The zero-order valence-corrected chi connectivity index (χ0v) is 18.8. The third-order valence-electron chi connectivity index (χ3n) is 4.76. The maximum Gasteiger partial charge on any atom is 0.442 e. The van der Waals surface area contributed by atoms with E-state index in [-0.39, 0.29) is 25.7 Å². The number of benzene rings is 1. The molecule has 0 bridgehead atoms. The van der Waals surface area contributed by atoms with Gasteiger partial charge < -0.3 is 19.3 Å². The van der Waals surface area contributed by atoms with Crippen LogP contribution in [0.2, 0.25) is 0 Å². The first kappa shape index (κ1) is 32.3. The highest BCUT2D eigenvalue weighted by molar-refractivity contribution is 5.89. The second-order valence-corrected chi connectivity index (χ2v) is 7.50. The Morgan fingerprint density at radius 2 is 1.35 bits per heavy atom. The number of hydrogen-bond acceptors (Lipinski definition) is 5. The van der Waals surface area contributed by atoms with Gasteiger partial charge in [0.05, 0.1) is 0 Å². The van der Waals surface area contributed by atoms with E-state index in [9.17, 15) is 62.6 Å². The van der Waals surface area contributed by atoms with Crippen molar-refractivity contribution in [2.24, 2.45) is 0 Å². The molecule has 0 aliphatic carbocycles. The van der Waals surface area contributed by atoms with Gasteiger partial charge in [-0.15, -0.1) is 0 Å². The molecule has 2 atom stereocenters. The van der Waals surface area contributed by atoms with Crippen molar-refractivity contribution < 1.29 is 76.8 Å². The Labute approximate surface area is 200 Å². The molecule has 0 fully saturated rings. The number of rotatable bonds is 8. The average Bonchev–Trinajstić information content (AvgIpc) is 2.67. The molecule has 17 heteroatoms. The number of halogens is 12. The standard InChI is InChI=1S/C20H18F12O5/c1-5-35-10(3)36-13-7-11(15(4,34)18(24,25)26)6-12(8-13)16(19(27,28)29,20(30,31)32)37-14(33)9(2)17(21,22)23/h6-8,10,34H,2,5H2,1,3-4H3. The second kappa shape index (κ2) is 10.2. The van der Waals surface area contributed by atoms with E-state index in [1.54, 1.807) is 0 Å². The van der Waals surface area contributed by atoms with Crippen LogP contribution >= 0.6 is 0 Å². The monoisotopic (exact) mass is 566 g/mol. The zero-order valence-electron chi connectivity index (χ0n) is 18.8. The van der Waals surface area contributed by atoms with Crippen LogP contribution in [0.25, 0.3) is 0 Å². The molecule has 0 spiro atoms. The molecule has 0 aliphatic rings. The molecule has 0 radical (unpaired) electrons. The van der Waals surface area contributed by atoms with Gasteiger partial charge in [-0.2, -0.15) is 52.7 Å². The Morgan fingerprint density at radius 1 is 0.892 bits per heavy atom. The van der Waals surface area contributed by atoms with Crippen molar-refractivity contribution in [3.8, 4) is 5.75 Å². The maximum absolute atomic E-state index is 14.0. The van der Waals surface area contributed by atoms with Crippen molar-refractivity contribution in [1.29, 1.82) is 0 Å². The summed E-state index contributed by atoms with van der Waals surface area (Å²) < 4.78 is 176. The van der Waals surface area contributed by atoms with Crippen molar-refractivity contribution in [3.05, 3.63) is 41.5 Å². The van der Waals surface area contributed by atoms with Crippen LogP contribution in [0.5, 0.6) is 5.75 Å². The van der Waals surface area contributed by atoms with Gasteiger partial charge in [-0.1, -0.05) is 6.58 Å². The molecule has 0 amide bonds. The van der Waals surface area contributed by atoms with E-state index in [0.717, 1.165) is 6.92 Å². The van der Waals surface area contributed by atoms with Crippen LogP contribution in [0, 0.1) is 0 Å². The fourth-order valence-corrected chi connectivity index (χ4v) is 2.75. The molecular formula is C20H18F12O5. The molecule has 0 aliphatic heterocycles. The second-order valence-electron chi connectivity index (χ2n) is 7.50. The van der Waals surface area contributed by atoms with Crippen molar-refractivity contribution in [2.45, 2.75) is 63.0 Å². The van der Waals surface area contributed by atoms with E-state index in [2.05, 4.69) is 11.3 Å². The lowest BCUT2D eigenvalue weighted by Gasteiger charge is -2.38. The summed E-state index contributed by atoms with van der Waals surface area (Å²) in [6.45, 7) is 4.33. The summed E-state index contributed by atoms with van der Waals surface area (Å²) in [7, 11) is 0. The molecule has 0 aromatic heterocycles. The van der Waals surface area contributed by atoms with Crippen LogP contribution < -0.4 is 4.74 Å². The van der Waals surface area contributed by atoms with Crippen LogP contribution in [-0.4, -0.2) is 48.7 Å². The summed E-state index contributed by atoms with van der Waals surface area (Å²) >= 11 is 0. The highest BCUT2D eigenvalue weighted by Gasteiger charge is 2.76. The van der Waals surface area contributed by atoms with Gasteiger partial charge in [0.15, 0.2) is 11.9 Å². The number of carbonyl (C=O) groups is 1. The number of ether oxygens (including phenoxy) is 3. The Balaban J connectivity index is 4.11. The van der Waals surface area contributed by atoms with Gasteiger partial charge >= 0.3 is 36.3 Å². The van der Waals surface area contributed by atoms with Crippen LogP contribution in [0.1, 0.15) is 31.9 Å². The van der Waals surface area contributed by atoms with E-state index in [0.29, 0.717) is 0 Å². The van der Waals surface area contributed by atoms with Crippen molar-refractivity contribution in [2.75, 3.05) is 6.61 Å². The summed E-state index contributed by atoms with van der Waals surface area (Å²) in [5.74, 6) is -4.40. The number of alkyl halides is 12. The predicted octanol–water partition coefficient (Wildman–Crippen LogP) is 6.20. The van der Waals surface area contributed by atoms with Crippen LogP contribution in [0.4, 0.5) is 52.7 Å². The maximum atomic E-state index is 14.0. The number of esters is 1. The number of carbonyl (C=O) groups excluding carboxylic acids is 1. The SMILES string of the molecule is C=C(C(=O)OC(c1cc(OC(C)OCC)cc(C(C)(O)C(F)(F)F)c1)(C(F)(F)F)C(F)(F)F)C(F)(F)F. The number of hydrogen-bond donors (Lipinski definition) is 1. The third-order valence-corrected chi connectivity index (χ3v) is 4.76. The van der Waals surface area contributed by atoms with Gasteiger partial charge in [0.1, 0.15) is 11.3 Å². The molecule has 0 saturated heterocycles. The molecular weight excluding hydrogens is 548 g/mol. The molecule has 1 aromatic rings. The molecule has 1 aromatic carbocycles. The highest BCUT2D eigenvalue weighted by atomic mass is 19.4. The van der Waals surface area contributed by atoms with Crippen LogP contribution in [0.3, 0.4) is 0 Å². The smallest absolute Gasteiger partial charge is 0.442 e. The molecule has 0 saturated carbocycles. The first-order valence-corrected chi connectivity index (χ1v) is 9.69. The summed E-state index contributed by atoms with van der Waals surface area (Å²) in [6, 6.07) is -0.424. The van der Waals surface area contributed by atoms with Gasteiger partial charge in [0.2, 0.25) is 0 Å². The van der Waals surface area contributed by atoms with E-state index in [1.165, 1.54) is 6.92 Å². The fraction of sp³-hybridized carbons (Fsp3) is 0.550. The Kier molecular flexibility index (Phi) is 8.94. The predicted molar refractivity (Wildman–Crippen MR) is 98.9 cm³/mol. The van der Waals surface area contributed by atoms with E-state index in [4.69, 9.17) is 9.47 Å². The van der Waals surface area contributed by atoms with Crippen LogP contribution in [0.15, 0.2) is 30.4 Å². The molecule has 1 rings (SSSR count). The molecule has 212 valence electrons. The summed E-state index contributed by atoms with van der Waals surface area (Å²) in [6.07, 6.45) is -26.6. The minimum atomic E-state index is -6.81. The van der Waals surface area contributed by atoms with Gasteiger partial charge in [-0.25, -0.2) is 4.79 Å². The van der Waals surface area contributed by atoms with Gasteiger partial charge in [0, 0.05) is 12.2 Å². The minimum Gasteiger partial charge on any atom is -0.465 e. The van der Waals surface area contributed by atoms with Gasteiger partial charge in [-0.05, 0) is 44.5 Å². The van der Waals surface area contributed by atoms with Crippen molar-refractivity contribution in [1.82, 2.24) is 0 Å². The molecule has 1 N–H and O–H groups in total. The lowest BCUT2D eigenvalue weighted by Crippen LogP contribution is -2.57. The fourth-order valence-electron chi connectivity index (χ4n) is 2.75. The van der Waals surface area contributed by atoms with E-state index >= 15 is 0 Å². The Hall–Kier alpha value is -2.69. The van der Waals surface area contributed by atoms with Gasteiger partial charge in [-0.3, -0.25) is 0 Å². The first-order chi connectivity index (χ1) is 16.3. The summed E-state index contributed by atoms with van der Waals surface area (Å²) in [4.78, 5) is 11.7. The molecule has 5 nitrogen and oxygen atoms in total.